The number of ketones is 1. The van der Waals surface area contributed by atoms with Gasteiger partial charge in [0.15, 0.2) is 5.78 Å². The fraction of sp³-hybridized carbons (Fsp3) is 0.250. The molecular formula is C20H20O. The van der Waals surface area contributed by atoms with Crippen molar-refractivity contribution in [2.24, 2.45) is 0 Å². The van der Waals surface area contributed by atoms with Crippen LogP contribution in [0.2, 0.25) is 0 Å². The topological polar surface area (TPSA) is 17.1 Å². The third kappa shape index (κ3) is 2.69. The van der Waals surface area contributed by atoms with Crippen molar-refractivity contribution in [1.82, 2.24) is 0 Å². The van der Waals surface area contributed by atoms with E-state index >= 15 is 0 Å². The first-order chi connectivity index (χ1) is 10.3. The summed E-state index contributed by atoms with van der Waals surface area (Å²) in [5.74, 6) is 0.241. The summed E-state index contributed by atoms with van der Waals surface area (Å²) in [4.78, 5) is 12.6. The SMILES string of the molecule is CCCCC1=C(Cc2ccccc2)c2ccccc2C1=O. The molecule has 2 aromatic rings. The second-order valence-electron chi connectivity index (χ2n) is 5.60. The third-order valence-electron chi connectivity index (χ3n) is 4.14. The van der Waals surface area contributed by atoms with Crippen LogP contribution in [-0.4, -0.2) is 5.78 Å². The van der Waals surface area contributed by atoms with Crippen LogP contribution in [0.5, 0.6) is 0 Å². The highest BCUT2D eigenvalue weighted by molar-refractivity contribution is 6.20. The van der Waals surface area contributed by atoms with E-state index in [0.29, 0.717) is 0 Å². The molecule has 3 rings (SSSR count). The Kier molecular flexibility index (Phi) is 4.01. The average molecular weight is 276 g/mol. The minimum absolute atomic E-state index is 0.241. The Morgan fingerprint density at radius 2 is 1.48 bits per heavy atom. The molecule has 21 heavy (non-hydrogen) atoms. The summed E-state index contributed by atoms with van der Waals surface area (Å²) in [7, 11) is 0. The Morgan fingerprint density at radius 3 is 2.19 bits per heavy atom. The van der Waals surface area contributed by atoms with Gasteiger partial charge in [0.2, 0.25) is 0 Å². The van der Waals surface area contributed by atoms with Gasteiger partial charge in [-0.25, -0.2) is 0 Å². The highest BCUT2D eigenvalue weighted by atomic mass is 16.1. The molecule has 0 N–H and O–H groups in total. The second kappa shape index (κ2) is 6.09. The Bertz CT molecular complexity index is 680. The number of unbranched alkanes of at least 4 members (excludes halogenated alkanes) is 1. The van der Waals surface area contributed by atoms with E-state index in [2.05, 4.69) is 37.3 Å². The number of fused-ring (bicyclic) bond motifs is 1. The predicted molar refractivity (Wildman–Crippen MR) is 87.4 cm³/mol. The maximum atomic E-state index is 12.6. The van der Waals surface area contributed by atoms with Crippen molar-refractivity contribution in [2.75, 3.05) is 0 Å². The Hall–Kier alpha value is -2.15. The normalized spacial score (nSPS) is 13.7. The zero-order valence-electron chi connectivity index (χ0n) is 12.4. The summed E-state index contributed by atoms with van der Waals surface area (Å²) >= 11 is 0. The summed E-state index contributed by atoms with van der Waals surface area (Å²) < 4.78 is 0. The van der Waals surface area contributed by atoms with Gasteiger partial charge in [-0.05, 0) is 36.0 Å². The zero-order chi connectivity index (χ0) is 14.7. The predicted octanol–water partition coefficient (Wildman–Crippen LogP) is 5.07. The van der Waals surface area contributed by atoms with Crippen molar-refractivity contribution in [1.29, 1.82) is 0 Å². The smallest absolute Gasteiger partial charge is 0.189 e. The monoisotopic (exact) mass is 276 g/mol. The van der Waals surface area contributed by atoms with Crippen LogP contribution in [0.4, 0.5) is 0 Å². The largest absolute Gasteiger partial charge is 0.289 e. The van der Waals surface area contributed by atoms with Gasteiger partial charge in [0.05, 0.1) is 0 Å². The molecule has 1 aliphatic rings. The van der Waals surface area contributed by atoms with Crippen molar-refractivity contribution < 1.29 is 4.79 Å². The summed E-state index contributed by atoms with van der Waals surface area (Å²) in [6.45, 7) is 2.17. The third-order valence-corrected chi connectivity index (χ3v) is 4.14. The Morgan fingerprint density at radius 1 is 0.810 bits per heavy atom. The molecule has 1 aliphatic carbocycles. The average Bonchev–Trinajstić information content (AvgIpc) is 2.79. The van der Waals surface area contributed by atoms with Crippen molar-refractivity contribution >= 4 is 11.4 Å². The van der Waals surface area contributed by atoms with Crippen LogP contribution in [0.1, 0.15) is 47.7 Å². The molecule has 0 aromatic heterocycles. The number of Topliss-reactive ketones (excluding diaryl/α,β-unsaturated/α-hetero) is 1. The van der Waals surface area contributed by atoms with E-state index in [1.165, 1.54) is 11.1 Å². The summed E-state index contributed by atoms with van der Waals surface area (Å²) in [5.41, 5.74) is 5.55. The minimum Gasteiger partial charge on any atom is -0.289 e. The van der Waals surface area contributed by atoms with Crippen LogP contribution < -0.4 is 0 Å². The number of carbonyl (C=O) groups is 1. The lowest BCUT2D eigenvalue weighted by Gasteiger charge is -2.08. The molecule has 1 heteroatoms. The fourth-order valence-electron chi connectivity index (χ4n) is 3.03. The molecule has 2 aromatic carbocycles. The van der Waals surface area contributed by atoms with Crippen LogP contribution in [0, 0.1) is 0 Å². The van der Waals surface area contributed by atoms with Gasteiger partial charge in [-0.3, -0.25) is 4.79 Å². The van der Waals surface area contributed by atoms with E-state index < -0.39 is 0 Å². The van der Waals surface area contributed by atoms with E-state index in [-0.39, 0.29) is 5.78 Å². The van der Waals surface area contributed by atoms with E-state index in [1.54, 1.807) is 0 Å². The molecule has 0 bridgehead atoms. The molecule has 1 nitrogen and oxygen atoms in total. The van der Waals surface area contributed by atoms with E-state index in [1.807, 2.05) is 24.3 Å². The minimum atomic E-state index is 0.241. The number of benzene rings is 2. The highest BCUT2D eigenvalue weighted by Gasteiger charge is 2.28. The number of hydrogen-bond donors (Lipinski definition) is 0. The quantitative estimate of drug-likeness (QED) is 0.745. The van der Waals surface area contributed by atoms with E-state index in [9.17, 15) is 4.79 Å². The van der Waals surface area contributed by atoms with Crippen LogP contribution in [0.25, 0.3) is 5.57 Å². The maximum Gasteiger partial charge on any atom is 0.189 e. The molecule has 0 amide bonds. The van der Waals surface area contributed by atoms with Crippen molar-refractivity contribution in [3.05, 3.63) is 76.9 Å². The van der Waals surface area contributed by atoms with Gasteiger partial charge in [-0.2, -0.15) is 0 Å². The summed E-state index contributed by atoms with van der Waals surface area (Å²) in [6, 6.07) is 18.5. The zero-order valence-corrected chi connectivity index (χ0v) is 12.4. The molecule has 0 spiro atoms. The fourth-order valence-corrected chi connectivity index (χ4v) is 3.03. The molecule has 0 unspecified atom stereocenters. The molecule has 0 radical (unpaired) electrons. The van der Waals surface area contributed by atoms with Gasteiger partial charge in [-0.15, -0.1) is 0 Å². The lowest BCUT2D eigenvalue weighted by Crippen LogP contribution is -1.99. The molecule has 0 heterocycles. The summed E-state index contributed by atoms with van der Waals surface area (Å²) in [6.07, 6.45) is 3.94. The lowest BCUT2D eigenvalue weighted by molar-refractivity contribution is 0.103. The van der Waals surface area contributed by atoms with Crippen LogP contribution in [0.15, 0.2) is 60.2 Å². The van der Waals surface area contributed by atoms with Crippen molar-refractivity contribution in [3.63, 3.8) is 0 Å². The van der Waals surface area contributed by atoms with Gasteiger partial charge in [0.25, 0.3) is 0 Å². The number of rotatable bonds is 5. The van der Waals surface area contributed by atoms with Gasteiger partial charge in [0, 0.05) is 11.1 Å². The van der Waals surface area contributed by atoms with Crippen LogP contribution >= 0.6 is 0 Å². The number of carbonyl (C=O) groups excluding carboxylic acids is 1. The van der Waals surface area contributed by atoms with E-state index in [4.69, 9.17) is 0 Å². The summed E-state index contributed by atoms with van der Waals surface area (Å²) in [5, 5.41) is 0. The second-order valence-corrected chi connectivity index (χ2v) is 5.60. The lowest BCUT2D eigenvalue weighted by atomic mass is 9.96. The van der Waals surface area contributed by atoms with E-state index in [0.717, 1.165) is 42.4 Å². The highest BCUT2D eigenvalue weighted by Crippen LogP contribution is 2.37. The Labute approximate surface area is 126 Å². The maximum absolute atomic E-state index is 12.6. The molecular weight excluding hydrogens is 256 g/mol. The Balaban J connectivity index is 2.01. The molecule has 0 atom stereocenters. The first kappa shape index (κ1) is 13.8. The molecule has 0 fully saturated rings. The number of allylic oxidation sites excluding steroid dienone is 2. The molecule has 106 valence electrons. The molecule has 0 saturated heterocycles. The molecule has 0 saturated carbocycles. The van der Waals surface area contributed by atoms with Crippen molar-refractivity contribution in [2.45, 2.75) is 32.6 Å². The van der Waals surface area contributed by atoms with Crippen molar-refractivity contribution in [3.8, 4) is 0 Å². The van der Waals surface area contributed by atoms with Gasteiger partial charge in [0.1, 0.15) is 0 Å². The standard InChI is InChI=1S/C20H20O/c1-2-3-11-18-19(14-15-9-5-4-6-10-15)16-12-7-8-13-17(16)20(18)21/h4-10,12-13H,2-3,11,14H2,1H3. The first-order valence-corrected chi connectivity index (χ1v) is 7.71. The van der Waals surface area contributed by atoms with Gasteiger partial charge < -0.3 is 0 Å². The van der Waals surface area contributed by atoms with Crippen LogP contribution in [0.3, 0.4) is 0 Å². The van der Waals surface area contributed by atoms with Gasteiger partial charge in [-0.1, -0.05) is 67.9 Å². The van der Waals surface area contributed by atoms with Crippen LogP contribution in [-0.2, 0) is 6.42 Å². The first-order valence-electron chi connectivity index (χ1n) is 7.71. The molecule has 0 aliphatic heterocycles. The number of hydrogen-bond acceptors (Lipinski definition) is 1. The van der Waals surface area contributed by atoms with Gasteiger partial charge >= 0.3 is 0 Å².